The van der Waals surface area contributed by atoms with Crippen LogP contribution in [0.15, 0.2) is 42.0 Å². The number of amides is 1. The molecule has 27 heavy (non-hydrogen) atoms. The molecule has 0 bridgehead atoms. The summed E-state index contributed by atoms with van der Waals surface area (Å²) >= 11 is 12.4. The van der Waals surface area contributed by atoms with Gasteiger partial charge in [-0.2, -0.15) is 0 Å². The summed E-state index contributed by atoms with van der Waals surface area (Å²) in [6.07, 6.45) is 3.50. The quantitative estimate of drug-likeness (QED) is 0.805. The highest BCUT2D eigenvalue weighted by molar-refractivity contribution is 6.31. The van der Waals surface area contributed by atoms with E-state index in [1.807, 2.05) is 23.1 Å². The minimum atomic E-state index is 0.0482. The van der Waals surface area contributed by atoms with E-state index in [4.69, 9.17) is 28.9 Å². The van der Waals surface area contributed by atoms with Crippen molar-refractivity contribution in [1.29, 1.82) is 0 Å². The predicted octanol–water partition coefficient (Wildman–Crippen LogP) is 4.74. The first-order valence-corrected chi connectivity index (χ1v) is 10.1. The third kappa shape index (κ3) is 3.77. The number of nitrogens with two attached hydrogens (primary N) is 1. The predicted molar refractivity (Wildman–Crippen MR) is 111 cm³/mol. The first-order chi connectivity index (χ1) is 13.0. The Hall–Kier alpha value is -1.81. The van der Waals surface area contributed by atoms with Crippen molar-refractivity contribution in [1.82, 2.24) is 4.90 Å². The molecule has 0 atom stereocenters. The minimum absolute atomic E-state index is 0.0482. The second kappa shape index (κ2) is 7.67. The Morgan fingerprint density at radius 3 is 2.78 bits per heavy atom. The minimum Gasteiger partial charge on any atom is -0.334 e. The number of nitrogens with zero attached hydrogens (tertiary/aromatic N) is 1. The fourth-order valence-corrected chi connectivity index (χ4v) is 4.54. The maximum Gasteiger partial charge on any atom is 0.254 e. The highest BCUT2D eigenvalue weighted by Gasteiger charge is 2.29. The van der Waals surface area contributed by atoms with Gasteiger partial charge in [0, 0.05) is 28.7 Å². The van der Waals surface area contributed by atoms with Gasteiger partial charge in [0.25, 0.3) is 5.91 Å². The molecule has 5 heteroatoms. The van der Waals surface area contributed by atoms with E-state index in [2.05, 4.69) is 12.1 Å². The number of hydrogen-bond acceptors (Lipinski definition) is 2. The zero-order valence-electron chi connectivity index (χ0n) is 15.1. The molecule has 3 nitrogen and oxygen atoms in total. The first-order valence-electron chi connectivity index (χ1n) is 9.33. The molecule has 1 heterocycles. The standard InChI is InChI=1S/C22H22Cl2N2O/c23-18-4-3-15-10-17-13-26(7-5-20(17)21(15)12-18)22(27)16-8-14(2-1-6-25)9-19(24)11-16/h3-4,8-9,11-12H,1-2,5-7,10,13,25H2. The molecule has 0 unspecified atom stereocenters. The summed E-state index contributed by atoms with van der Waals surface area (Å²) < 4.78 is 0. The first kappa shape index (κ1) is 18.5. The van der Waals surface area contributed by atoms with E-state index in [1.165, 1.54) is 22.3 Å². The van der Waals surface area contributed by atoms with Crippen LogP contribution >= 0.6 is 23.2 Å². The van der Waals surface area contributed by atoms with Crippen molar-refractivity contribution in [3.8, 4) is 0 Å². The number of halogens is 2. The van der Waals surface area contributed by atoms with Crippen molar-refractivity contribution >= 4 is 34.7 Å². The summed E-state index contributed by atoms with van der Waals surface area (Å²) in [7, 11) is 0. The Labute approximate surface area is 169 Å². The summed E-state index contributed by atoms with van der Waals surface area (Å²) in [5, 5.41) is 1.37. The van der Waals surface area contributed by atoms with Crippen LogP contribution in [0.25, 0.3) is 5.57 Å². The Balaban J connectivity index is 1.54. The molecule has 2 N–H and O–H groups in total. The van der Waals surface area contributed by atoms with Gasteiger partial charge in [-0.1, -0.05) is 29.3 Å². The van der Waals surface area contributed by atoms with Crippen LogP contribution in [-0.2, 0) is 12.8 Å². The van der Waals surface area contributed by atoms with Crippen LogP contribution in [0.2, 0.25) is 10.0 Å². The topological polar surface area (TPSA) is 46.3 Å². The summed E-state index contributed by atoms with van der Waals surface area (Å²) in [5.41, 5.74) is 12.6. The third-order valence-electron chi connectivity index (χ3n) is 5.40. The molecular weight excluding hydrogens is 379 g/mol. The third-order valence-corrected chi connectivity index (χ3v) is 5.86. The molecule has 1 amide bonds. The Morgan fingerprint density at radius 1 is 1.11 bits per heavy atom. The zero-order valence-corrected chi connectivity index (χ0v) is 16.6. The summed E-state index contributed by atoms with van der Waals surface area (Å²) in [6.45, 7) is 2.02. The maximum absolute atomic E-state index is 13.1. The van der Waals surface area contributed by atoms with Crippen LogP contribution in [0.4, 0.5) is 0 Å². The van der Waals surface area contributed by atoms with Crippen molar-refractivity contribution in [2.75, 3.05) is 19.6 Å². The average Bonchev–Trinajstić information content (AvgIpc) is 3.02. The number of fused-ring (bicyclic) bond motifs is 2. The van der Waals surface area contributed by atoms with E-state index in [0.29, 0.717) is 30.2 Å². The highest BCUT2D eigenvalue weighted by atomic mass is 35.5. The van der Waals surface area contributed by atoms with Gasteiger partial charge in [0.15, 0.2) is 0 Å². The monoisotopic (exact) mass is 400 g/mol. The normalized spacial score (nSPS) is 15.7. The molecule has 1 aliphatic heterocycles. The molecule has 2 aromatic rings. The fourth-order valence-electron chi connectivity index (χ4n) is 4.11. The van der Waals surface area contributed by atoms with Crippen LogP contribution in [0.5, 0.6) is 0 Å². The molecule has 4 rings (SSSR count). The van der Waals surface area contributed by atoms with Crippen molar-refractivity contribution in [3.05, 3.63) is 74.3 Å². The maximum atomic E-state index is 13.1. The average molecular weight is 401 g/mol. The Bertz CT molecular complexity index is 936. The van der Waals surface area contributed by atoms with Gasteiger partial charge in [0.05, 0.1) is 0 Å². The van der Waals surface area contributed by atoms with E-state index >= 15 is 0 Å². The Kier molecular flexibility index (Phi) is 5.27. The lowest BCUT2D eigenvalue weighted by atomic mass is 9.98. The van der Waals surface area contributed by atoms with Gasteiger partial charge in [-0.3, -0.25) is 4.79 Å². The van der Waals surface area contributed by atoms with Gasteiger partial charge in [0.2, 0.25) is 0 Å². The zero-order chi connectivity index (χ0) is 19.0. The summed E-state index contributed by atoms with van der Waals surface area (Å²) in [4.78, 5) is 15.0. The van der Waals surface area contributed by atoms with Crippen molar-refractivity contribution in [3.63, 3.8) is 0 Å². The highest BCUT2D eigenvalue weighted by Crippen LogP contribution is 2.39. The smallest absolute Gasteiger partial charge is 0.254 e. The van der Waals surface area contributed by atoms with Crippen LogP contribution < -0.4 is 5.73 Å². The van der Waals surface area contributed by atoms with E-state index in [9.17, 15) is 4.79 Å². The SMILES string of the molecule is NCCCc1cc(Cl)cc(C(=O)N2CCC3=C(Cc4ccc(Cl)cc43)C2)c1. The van der Waals surface area contributed by atoms with Crippen molar-refractivity contribution in [2.24, 2.45) is 5.73 Å². The number of benzene rings is 2. The number of hydrogen-bond donors (Lipinski definition) is 1. The van der Waals surface area contributed by atoms with Gasteiger partial charge in [0.1, 0.15) is 0 Å². The van der Waals surface area contributed by atoms with Gasteiger partial charge < -0.3 is 10.6 Å². The molecule has 2 aromatic carbocycles. The van der Waals surface area contributed by atoms with Gasteiger partial charge in [-0.15, -0.1) is 0 Å². The number of carbonyl (C=O) groups is 1. The Morgan fingerprint density at radius 2 is 1.96 bits per heavy atom. The number of aryl methyl sites for hydroxylation is 1. The summed E-state index contributed by atoms with van der Waals surface area (Å²) in [6, 6.07) is 11.7. The van der Waals surface area contributed by atoms with Gasteiger partial charge in [-0.05, 0) is 90.4 Å². The molecular formula is C22H22Cl2N2O. The number of rotatable bonds is 4. The van der Waals surface area contributed by atoms with Gasteiger partial charge >= 0.3 is 0 Å². The van der Waals surface area contributed by atoms with Crippen LogP contribution in [0.3, 0.4) is 0 Å². The molecule has 0 radical (unpaired) electrons. The molecule has 2 aliphatic rings. The molecule has 140 valence electrons. The largest absolute Gasteiger partial charge is 0.334 e. The molecule has 0 spiro atoms. The second-order valence-corrected chi connectivity index (χ2v) is 8.15. The van der Waals surface area contributed by atoms with E-state index < -0.39 is 0 Å². The lowest BCUT2D eigenvalue weighted by molar-refractivity contribution is 0.0767. The second-order valence-electron chi connectivity index (χ2n) is 7.28. The fraction of sp³-hybridized carbons (Fsp3) is 0.318. The van der Waals surface area contributed by atoms with E-state index in [1.54, 1.807) is 6.07 Å². The van der Waals surface area contributed by atoms with E-state index in [-0.39, 0.29) is 5.91 Å². The molecule has 0 saturated heterocycles. The van der Waals surface area contributed by atoms with Crippen molar-refractivity contribution in [2.45, 2.75) is 25.7 Å². The molecule has 0 saturated carbocycles. The van der Waals surface area contributed by atoms with Crippen molar-refractivity contribution < 1.29 is 4.79 Å². The molecule has 0 aromatic heterocycles. The van der Waals surface area contributed by atoms with Crippen LogP contribution in [0, 0.1) is 0 Å². The summed E-state index contributed by atoms with van der Waals surface area (Å²) in [5.74, 6) is 0.0482. The number of carbonyl (C=O) groups excluding carboxylic acids is 1. The lowest BCUT2D eigenvalue weighted by Crippen LogP contribution is -2.36. The van der Waals surface area contributed by atoms with E-state index in [0.717, 1.165) is 36.3 Å². The molecule has 1 aliphatic carbocycles. The lowest BCUT2D eigenvalue weighted by Gasteiger charge is -2.29. The van der Waals surface area contributed by atoms with Crippen LogP contribution in [-0.4, -0.2) is 30.4 Å². The molecule has 0 fully saturated rings. The van der Waals surface area contributed by atoms with Gasteiger partial charge in [-0.25, -0.2) is 0 Å². The van der Waals surface area contributed by atoms with Crippen LogP contribution in [0.1, 0.15) is 39.9 Å².